The number of nitrogens with one attached hydrogen (secondary N) is 1. The van der Waals surface area contributed by atoms with Gasteiger partial charge in [0.05, 0.1) is 12.1 Å². The first-order valence-electron chi connectivity index (χ1n) is 11.3. The van der Waals surface area contributed by atoms with E-state index in [4.69, 9.17) is 0 Å². The summed E-state index contributed by atoms with van der Waals surface area (Å²) in [5.74, 6) is -0.447. The minimum atomic E-state index is -0.638. The Hall–Kier alpha value is -2.73. The van der Waals surface area contributed by atoms with E-state index in [1.54, 1.807) is 18.0 Å². The van der Waals surface area contributed by atoms with E-state index in [1.165, 1.54) is 19.1 Å². The summed E-state index contributed by atoms with van der Waals surface area (Å²) in [6.07, 6.45) is 2.74. The summed E-state index contributed by atoms with van der Waals surface area (Å²) in [6.45, 7) is 2.01. The maximum atomic E-state index is 13.4. The molecule has 3 atom stereocenters. The van der Waals surface area contributed by atoms with Crippen molar-refractivity contribution in [3.63, 3.8) is 0 Å². The highest BCUT2D eigenvalue weighted by molar-refractivity contribution is 5.76. The van der Waals surface area contributed by atoms with Gasteiger partial charge in [-0.1, -0.05) is 42.5 Å². The summed E-state index contributed by atoms with van der Waals surface area (Å²) in [6, 6.07) is 16.1. The summed E-state index contributed by atoms with van der Waals surface area (Å²) < 4.78 is 13.4. The zero-order chi connectivity index (χ0) is 23.1. The normalized spacial score (nSPS) is 23.2. The van der Waals surface area contributed by atoms with E-state index in [1.807, 2.05) is 24.3 Å². The Labute approximate surface area is 189 Å². The Morgan fingerprint density at radius 2 is 1.84 bits per heavy atom. The van der Waals surface area contributed by atoms with Crippen LogP contribution in [0.2, 0.25) is 0 Å². The number of hydrogen-bond acceptors (Lipinski definition) is 3. The Balaban J connectivity index is 1.70. The van der Waals surface area contributed by atoms with Gasteiger partial charge in [0.1, 0.15) is 5.82 Å². The molecule has 0 unspecified atom stereocenters. The van der Waals surface area contributed by atoms with Gasteiger partial charge < -0.3 is 15.3 Å². The lowest BCUT2D eigenvalue weighted by Gasteiger charge is -2.34. The predicted molar refractivity (Wildman–Crippen MR) is 123 cm³/mol. The second-order valence-corrected chi connectivity index (χ2v) is 8.90. The average Bonchev–Trinajstić information content (AvgIpc) is 2.96. The minimum absolute atomic E-state index is 0.0626. The number of aliphatic hydroxyl groups excluding tert-OH is 1. The number of benzene rings is 2. The van der Waals surface area contributed by atoms with Gasteiger partial charge in [0.15, 0.2) is 0 Å². The second-order valence-electron chi connectivity index (χ2n) is 8.90. The first kappa shape index (κ1) is 23.9. The fraction of sp³-hybridized carbons (Fsp3) is 0.462. The van der Waals surface area contributed by atoms with Crippen LogP contribution in [0.5, 0.6) is 0 Å². The van der Waals surface area contributed by atoms with Crippen molar-refractivity contribution in [2.75, 3.05) is 13.6 Å². The van der Waals surface area contributed by atoms with Gasteiger partial charge in [-0.3, -0.25) is 9.59 Å². The van der Waals surface area contributed by atoms with Crippen molar-refractivity contribution in [1.82, 2.24) is 10.2 Å². The van der Waals surface area contributed by atoms with Gasteiger partial charge in [0.2, 0.25) is 11.8 Å². The van der Waals surface area contributed by atoms with Crippen molar-refractivity contribution in [2.45, 2.75) is 63.0 Å². The number of nitrogens with zero attached hydrogens (tertiary/aromatic N) is 1. The molecular formula is C26H33FN2O3. The van der Waals surface area contributed by atoms with E-state index in [0.717, 1.165) is 24.0 Å². The molecule has 6 heteroatoms. The molecule has 0 heterocycles. The number of rotatable bonds is 7. The Bertz CT molecular complexity index is 920. The van der Waals surface area contributed by atoms with Crippen LogP contribution in [0, 0.1) is 5.82 Å². The molecule has 2 aromatic carbocycles. The quantitative estimate of drug-likeness (QED) is 0.647. The SMILES string of the molecule is CC(=O)NC[C@]1(c2ccccc2)CC[C@@H](O)[C@H](N(C)C(=O)CCc2cccc(F)c2)CC1. The first-order valence-corrected chi connectivity index (χ1v) is 11.3. The van der Waals surface area contributed by atoms with Gasteiger partial charge in [-0.2, -0.15) is 0 Å². The molecule has 2 amide bonds. The van der Waals surface area contributed by atoms with Crippen LogP contribution < -0.4 is 5.32 Å². The van der Waals surface area contributed by atoms with Crippen LogP contribution in [0.4, 0.5) is 4.39 Å². The highest BCUT2D eigenvalue weighted by atomic mass is 19.1. The molecule has 32 heavy (non-hydrogen) atoms. The zero-order valence-electron chi connectivity index (χ0n) is 18.9. The molecule has 2 N–H and O–H groups in total. The molecule has 3 rings (SSSR count). The third-order valence-electron chi connectivity index (χ3n) is 6.75. The largest absolute Gasteiger partial charge is 0.391 e. The number of aliphatic hydroxyl groups is 1. The highest BCUT2D eigenvalue weighted by Crippen LogP contribution is 2.39. The van der Waals surface area contributed by atoms with Crippen molar-refractivity contribution in [2.24, 2.45) is 0 Å². The molecule has 172 valence electrons. The molecule has 0 bridgehead atoms. The van der Waals surface area contributed by atoms with Gasteiger partial charge >= 0.3 is 0 Å². The fourth-order valence-corrected chi connectivity index (χ4v) is 4.77. The molecule has 0 saturated heterocycles. The van der Waals surface area contributed by atoms with Crippen LogP contribution in [0.1, 0.15) is 50.2 Å². The van der Waals surface area contributed by atoms with Crippen molar-refractivity contribution in [3.8, 4) is 0 Å². The molecule has 1 fully saturated rings. The average molecular weight is 441 g/mol. The standard InChI is InChI=1S/C26H33FN2O3/c1-19(30)28-18-26(21-8-4-3-5-9-21)15-13-23(24(31)14-16-26)29(2)25(32)12-11-20-7-6-10-22(27)17-20/h3-10,17,23-24,31H,11-16,18H2,1-2H3,(H,28,30)/t23-,24-,26-/m1/s1. The van der Waals surface area contributed by atoms with Crippen molar-refractivity contribution in [1.29, 1.82) is 0 Å². The van der Waals surface area contributed by atoms with E-state index in [9.17, 15) is 19.1 Å². The molecule has 2 aromatic rings. The van der Waals surface area contributed by atoms with Crippen LogP contribution in [-0.2, 0) is 21.4 Å². The van der Waals surface area contributed by atoms with Gasteiger partial charge in [-0.25, -0.2) is 4.39 Å². The summed E-state index contributed by atoms with van der Waals surface area (Å²) in [7, 11) is 1.74. The maximum absolute atomic E-state index is 13.4. The van der Waals surface area contributed by atoms with Crippen LogP contribution in [0.15, 0.2) is 54.6 Å². The fourth-order valence-electron chi connectivity index (χ4n) is 4.77. The number of amides is 2. The molecule has 0 aliphatic heterocycles. The summed E-state index contributed by atoms with van der Waals surface area (Å²) in [5, 5.41) is 13.9. The van der Waals surface area contributed by atoms with Gasteiger partial charge in [0.25, 0.3) is 0 Å². The van der Waals surface area contributed by atoms with E-state index >= 15 is 0 Å². The van der Waals surface area contributed by atoms with Gasteiger partial charge in [-0.05, 0) is 55.4 Å². The van der Waals surface area contributed by atoms with Crippen molar-refractivity contribution < 1.29 is 19.1 Å². The molecule has 5 nitrogen and oxygen atoms in total. The molecule has 0 radical (unpaired) electrons. The van der Waals surface area contributed by atoms with Crippen molar-refractivity contribution >= 4 is 11.8 Å². The van der Waals surface area contributed by atoms with Gasteiger partial charge in [-0.15, -0.1) is 0 Å². The number of carbonyl (C=O) groups excluding carboxylic acids is 2. The van der Waals surface area contributed by atoms with E-state index in [0.29, 0.717) is 25.8 Å². The number of aryl methyl sites for hydroxylation is 1. The Kier molecular flexibility index (Phi) is 8.02. The van der Waals surface area contributed by atoms with Crippen LogP contribution in [0.3, 0.4) is 0 Å². The summed E-state index contributed by atoms with van der Waals surface area (Å²) in [5.41, 5.74) is 1.64. The van der Waals surface area contributed by atoms with E-state index < -0.39 is 6.10 Å². The smallest absolute Gasteiger partial charge is 0.222 e. The number of halogens is 1. The molecule has 1 aliphatic carbocycles. The lowest BCUT2D eigenvalue weighted by Crippen LogP contribution is -2.44. The maximum Gasteiger partial charge on any atom is 0.222 e. The number of hydrogen-bond donors (Lipinski definition) is 2. The minimum Gasteiger partial charge on any atom is -0.391 e. The summed E-state index contributed by atoms with van der Waals surface area (Å²) >= 11 is 0. The summed E-state index contributed by atoms with van der Waals surface area (Å²) in [4.78, 5) is 26.2. The molecular weight excluding hydrogens is 407 g/mol. The first-order chi connectivity index (χ1) is 15.3. The number of likely N-dealkylation sites (N-methyl/N-ethyl adjacent to an activating group) is 1. The topological polar surface area (TPSA) is 69.6 Å². The Morgan fingerprint density at radius 1 is 1.12 bits per heavy atom. The van der Waals surface area contributed by atoms with E-state index in [-0.39, 0.29) is 35.5 Å². The molecule has 1 saturated carbocycles. The highest BCUT2D eigenvalue weighted by Gasteiger charge is 2.39. The second kappa shape index (κ2) is 10.7. The van der Waals surface area contributed by atoms with Crippen LogP contribution in [0.25, 0.3) is 0 Å². The molecule has 0 spiro atoms. The van der Waals surface area contributed by atoms with Crippen molar-refractivity contribution in [3.05, 3.63) is 71.5 Å². The van der Waals surface area contributed by atoms with Crippen LogP contribution in [-0.4, -0.2) is 47.6 Å². The predicted octanol–water partition coefficient (Wildman–Crippen LogP) is 3.59. The van der Waals surface area contributed by atoms with E-state index in [2.05, 4.69) is 17.4 Å². The molecule has 1 aliphatic rings. The number of carbonyl (C=O) groups is 2. The molecule has 0 aromatic heterocycles. The zero-order valence-corrected chi connectivity index (χ0v) is 18.9. The van der Waals surface area contributed by atoms with Crippen LogP contribution >= 0.6 is 0 Å². The third kappa shape index (κ3) is 5.94. The van der Waals surface area contributed by atoms with Gasteiger partial charge in [0, 0.05) is 32.4 Å². The third-order valence-corrected chi connectivity index (χ3v) is 6.75. The lowest BCUT2D eigenvalue weighted by molar-refractivity contribution is -0.134. The lowest BCUT2D eigenvalue weighted by atomic mass is 9.74. The monoisotopic (exact) mass is 440 g/mol. The Morgan fingerprint density at radius 3 is 2.53 bits per heavy atom.